The van der Waals surface area contributed by atoms with Crippen LogP contribution in [0.3, 0.4) is 0 Å². The van der Waals surface area contributed by atoms with E-state index in [1.165, 1.54) is 0 Å². The van der Waals surface area contributed by atoms with Crippen molar-refractivity contribution in [1.82, 2.24) is 0 Å². The highest BCUT2D eigenvalue weighted by Crippen LogP contribution is 2.44. The smallest absolute Gasteiger partial charge is 0.187 e. The molecule has 0 radical (unpaired) electrons. The van der Waals surface area contributed by atoms with E-state index in [4.69, 9.17) is 126 Å². The van der Waals surface area contributed by atoms with Gasteiger partial charge in [-0.25, -0.2) is 0 Å². The summed E-state index contributed by atoms with van der Waals surface area (Å²) >= 11 is 5.12. The van der Waals surface area contributed by atoms with Gasteiger partial charge in [0.25, 0.3) is 0 Å². The van der Waals surface area contributed by atoms with Crippen LogP contribution in [0.4, 0.5) is 0 Å². The molecular formula is C96H180O29S. The van der Waals surface area contributed by atoms with E-state index in [1.54, 1.807) is 0 Å². The zero-order valence-corrected chi connectivity index (χ0v) is 80.9. The molecule has 22 rings (SSSR count). The monoisotopic (exact) mass is 1830 g/mol. The first-order valence-corrected chi connectivity index (χ1v) is 51.4. The molecule has 29 nitrogen and oxygen atoms in total. The van der Waals surface area contributed by atoms with Gasteiger partial charge in [-0.15, -0.1) is 0 Å². The molecule has 0 aromatic rings. The Labute approximate surface area is 764 Å². The normalized spacial score (nSPS) is 34.7. The molecule has 0 aromatic carbocycles. The molecular weight excluding hydrogens is 1650 g/mol. The number of hydrogen-bond donors (Lipinski definition) is 6. The molecule has 30 heteroatoms. The molecule has 0 amide bonds. The van der Waals surface area contributed by atoms with E-state index in [9.17, 15) is 25.5 Å². The van der Waals surface area contributed by atoms with Crippen molar-refractivity contribution in [2.45, 2.75) is 498 Å². The van der Waals surface area contributed by atoms with E-state index >= 15 is 0 Å². The van der Waals surface area contributed by atoms with Crippen molar-refractivity contribution in [3.05, 3.63) is 0 Å². The molecule has 0 saturated carbocycles. The summed E-state index contributed by atoms with van der Waals surface area (Å²) in [4.78, 5) is 0. The van der Waals surface area contributed by atoms with Crippen molar-refractivity contribution in [3.8, 4) is 0 Å². The first-order valence-electron chi connectivity index (χ1n) is 50.8. The first kappa shape index (κ1) is 112. The number of aliphatic hydroxyl groups excluding tert-OH is 5. The van der Waals surface area contributed by atoms with Crippen molar-refractivity contribution in [2.24, 2.45) is 0 Å². The number of ether oxygens (including phenoxy) is 24. The highest BCUT2D eigenvalue weighted by Gasteiger charge is 2.62. The first-order chi connectivity index (χ1) is 61.9. The fourth-order valence-corrected chi connectivity index (χ4v) is 18.1. The van der Waals surface area contributed by atoms with Crippen LogP contribution in [0.1, 0.15) is 314 Å². The standard InChI is InChI=1S/C96H180O29S/c1-13-25-37-49-102-79-73-67(61-97)114-91(85(79)108-55-43-31-19-7)121-74-68(62-98)116-93(87(110-57-45-33-21-9)80(74)103-50-38-26-14-2)123-76-70(64-100)118-95(89(112-59-47-35-23-11)82(76)105-52-40-28-16-4)125-78-72(66-126)119-96(90(113-60-48-36-24-12)84(78)107-54-42-30-18-6)124-77-71(65-101)117-94(88(111-58-46-34-22-10)83(77)106-53-41-29-17-5)122-75-69(63-99)115-92(120-73)86(109-56-44-32-20-8)81(75)104-51-39-27-15-3/h67-101,126H,13-66H2,1-12H3. The van der Waals surface area contributed by atoms with Crippen LogP contribution in [-0.4, -0.2) is 328 Å². The third-order valence-corrected chi connectivity index (χ3v) is 25.4. The fraction of sp³-hybridized carbons (Fsp3) is 1.00. The van der Waals surface area contributed by atoms with Gasteiger partial charge in [-0.3, -0.25) is 0 Å². The zero-order valence-electron chi connectivity index (χ0n) is 80.0. The maximum Gasteiger partial charge on any atom is 0.187 e. The lowest BCUT2D eigenvalue weighted by molar-refractivity contribution is -0.413. The Bertz CT molecular complexity index is 2160. The van der Waals surface area contributed by atoms with E-state index < -0.39 is 217 Å². The third kappa shape index (κ3) is 35.6. The Kier molecular flexibility index (Phi) is 60.0. The average Bonchev–Trinajstić information content (AvgIpc) is 0.754. The van der Waals surface area contributed by atoms with Crippen LogP contribution in [0.15, 0.2) is 0 Å². The predicted molar refractivity (Wildman–Crippen MR) is 482 cm³/mol. The van der Waals surface area contributed by atoms with Crippen molar-refractivity contribution in [1.29, 1.82) is 0 Å². The second-order valence-electron chi connectivity index (χ2n) is 35.5. The van der Waals surface area contributed by atoms with Gasteiger partial charge in [-0.2, -0.15) is 12.6 Å². The van der Waals surface area contributed by atoms with Crippen LogP contribution < -0.4 is 0 Å². The van der Waals surface area contributed by atoms with Gasteiger partial charge in [0.2, 0.25) is 0 Å². The van der Waals surface area contributed by atoms with Gasteiger partial charge >= 0.3 is 0 Å². The predicted octanol–water partition coefficient (Wildman–Crippen LogP) is 14.5. The molecule has 126 heavy (non-hydrogen) atoms. The third-order valence-electron chi connectivity index (χ3n) is 25.1. The molecule has 0 aliphatic carbocycles. The molecule has 0 aromatic heterocycles. The second-order valence-corrected chi connectivity index (χ2v) is 35.8. The van der Waals surface area contributed by atoms with Crippen LogP contribution in [0.5, 0.6) is 0 Å². The summed E-state index contributed by atoms with van der Waals surface area (Å²) in [6, 6.07) is 0. The Morgan fingerprint density at radius 2 is 0.286 bits per heavy atom. The van der Waals surface area contributed by atoms with Gasteiger partial charge < -0.3 is 139 Å². The molecule has 22 aliphatic rings. The number of hydrogen-bond acceptors (Lipinski definition) is 30. The second kappa shape index (κ2) is 67.4. The lowest BCUT2D eigenvalue weighted by Gasteiger charge is -2.53. The molecule has 5 N–H and O–H groups in total. The SMILES string of the molecule is CCCCCOC1C2OC(CO)C(OC3OC(CO)C(OC4OC(CO)C(OC5OC(CS)C(OC6OC(CO)C(OC7OC(CO)C(O2)C(OCCCCC)C7OCCCCC)C(OCCCCC)C6OCCCCC)C(OCCCCC)C5OCCCCC)C(OCCCCC)C4OCCCCC)C(OCCCCC)C3OCCCCC)C1OCCCCC. The van der Waals surface area contributed by atoms with E-state index in [0.29, 0.717) is 83.7 Å². The van der Waals surface area contributed by atoms with E-state index in [2.05, 4.69) is 83.1 Å². The zero-order chi connectivity index (χ0) is 90.5. The Morgan fingerprint density at radius 1 is 0.167 bits per heavy atom. The highest BCUT2D eigenvalue weighted by atomic mass is 32.1. The summed E-state index contributed by atoms with van der Waals surface area (Å²) < 4.78 is 176. The molecule has 30 unspecified atom stereocenters. The van der Waals surface area contributed by atoms with Crippen molar-refractivity contribution in [2.75, 3.05) is 118 Å². The van der Waals surface area contributed by atoms with Crippen LogP contribution in [0.2, 0.25) is 0 Å². The van der Waals surface area contributed by atoms with Gasteiger partial charge in [0.05, 0.1) is 39.1 Å². The van der Waals surface area contributed by atoms with Crippen molar-refractivity contribution in [3.63, 3.8) is 0 Å². The number of rotatable bonds is 66. The summed E-state index contributed by atoms with van der Waals surface area (Å²) in [6.45, 7) is 25.8. The largest absolute Gasteiger partial charge is 0.394 e. The van der Waals surface area contributed by atoms with Crippen LogP contribution in [0.25, 0.3) is 0 Å². The topological polar surface area (TPSA) is 323 Å². The molecule has 30 atom stereocenters. The maximum atomic E-state index is 12.2. The van der Waals surface area contributed by atoms with Gasteiger partial charge in [0.1, 0.15) is 140 Å². The molecule has 22 heterocycles. The fourth-order valence-electron chi connectivity index (χ4n) is 17.8. The minimum Gasteiger partial charge on any atom is -0.394 e. The molecule has 12 bridgehead atoms. The van der Waals surface area contributed by atoms with Crippen molar-refractivity contribution >= 4 is 12.6 Å². The van der Waals surface area contributed by atoms with Gasteiger partial charge in [-0.1, -0.05) is 237 Å². The molecule has 744 valence electrons. The Balaban J connectivity index is 1.56. The minimum atomic E-state index is -1.37. The van der Waals surface area contributed by atoms with Crippen LogP contribution in [0, 0.1) is 0 Å². The Morgan fingerprint density at radius 3 is 0.405 bits per heavy atom. The Hall–Kier alpha value is -0.810. The van der Waals surface area contributed by atoms with Gasteiger partial charge in [0.15, 0.2) is 37.7 Å². The number of aliphatic hydroxyl groups is 5. The number of thiol groups is 1. The quantitative estimate of drug-likeness (QED) is 0.0243. The molecule has 22 aliphatic heterocycles. The minimum absolute atomic E-state index is 0.0718. The summed E-state index contributed by atoms with van der Waals surface area (Å²) in [5, 5.41) is 60.9. The lowest BCUT2D eigenvalue weighted by atomic mass is 9.94. The van der Waals surface area contributed by atoms with E-state index in [-0.39, 0.29) is 78.4 Å². The van der Waals surface area contributed by atoms with Gasteiger partial charge in [-0.05, 0) is 77.0 Å². The maximum absolute atomic E-state index is 12.2. The number of unbranched alkanes of at least 4 members (excludes halogenated alkanes) is 24. The van der Waals surface area contributed by atoms with Crippen molar-refractivity contribution < 1.29 is 139 Å². The lowest BCUT2D eigenvalue weighted by Crippen LogP contribution is -2.70. The summed E-state index contributed by atoms with van der Waals surface area (Å²) in [6.07, 6.45) is -5.33. The van der Waals surface area contributed by atoms with E-state index in [0.717, 1.165) is 154 Å². The van der Waals surface area contributed by atoms with Gasteiger partial charge in [0, 0.05) is 85.0 Å². The molecule has 22 saturated heterocycles. The molecule has 0 spiro atoms. The van der Waals surface area contributed by atoms with Crippen LogP contribution >= 0.6 is 12.6 Å². The summed E-state index contributed by atoms with van der Waals surface area (Å²) in [7, 11) is 0. The summed E-state index contributed by atoms with van der Waals surface area (Å²) in [5.41, 5.74) is 0. The van der Waals surface area contributed by atoms with E-state index in [1.807, 2.05) is 0 Å². The summed E-state index contributed by atoms with van der Waals surface area (Å²) in [5.74, 6) is 0.0718. The van der Waals surface area contributed by atoms with Crippen LogP contribution in [-0.2, 0) is 114 Å². The molecule has 22 fully saturated rings. The highest BCUT2D eigenvalue weighted by molar-refractivity contribution is 7.80. The average molecular weight is 1830 g/mol.